The maximum absolute atomic E-state index is 13.2. The molecule has 0 saturated carbocycles. The quantitative estimate of drug-likeness (QED) is 0.809. The first-order valence-electron chi connectivity index (χ1n) is 5.48. The fourth-order valence-corrected chi connectivity index (χ4v) is 1.39. The Morgan fingerprint density at radius 2 is 2.06 bits per heavy atom. The summed E-state index contributed by atoms with van der Waals surface area (Å²) in [6.45, 7) is 5.17. The van der Waals surface area contributed by atoms with Crippen molar-refractivity contribution in [1.29, 1.82) is 0 Å². The third-order valence-corrected chi connectivity index (χ3v) is 2.32. The Morgan fingerprint density at radius 3 is 2.69 bits per heavy atom. The molecular formula is C12H17F2NO. The van der Waals surface area contributed by atoms with Crippen LogP contribution in [0.4, 0.5) is 8.78 Å². The molecule has 1 aromatic carbocycles. The number of hydrogen-bond donors (Lipinski definition) is 1. The van der Waals surface area contributed by atoms with Crippen molar-refractivity contribution in [3.05, 3.63) is 29.8 Å². The first kappa shape index (κ1) is 12.9. The van der Waals surface area contributed by atoms with Gasteiger partial charge in [-0.2, -0.15) is 0 Å². The van der Waals surface area contributed by atoms with Gasteiger partial charge in [0.25, 0.3) is 0 Å². The summed E-state index contributed by atoms with van der Waals surface area (Å²) in [5, 5.41) is 3.20. The number of likely N-dealkylation sites (N-methyl/N-ethyl adjacent to an activating group) is 1. The van der Waals surface area contributed by atoms with Gasteiger partial charge >= 0.3 is 0 Å². The number of rotatable bonds is 6. The van der Waals surface area contributed by atoms with Crippen LogP contribution in [-0.4, -0.2) is 19.2 Å². The zero-order chi connectivity index (χ0) is 12.0. The molecule has 4 heteroatoms. The number of hydrogen-bond acceptors (Lipinski definition) is 2. The van der Waals surface area contributed by atoms with Crippen molar-refractivity contribution in [2.24, 2.45) is 0 Å². The van der Waals surface area contributed by atoms with Crippen LogP contribution in [0.2, 0.25) is 0 Å². The van der Waals surface area contributed by atoms with E-state index in [0.717, 1.165) is 31.2 Å². The van der Waals surface area contributed by atoms with Crippen molar-refractivity contribution >= 4 is 0 Å². The van der Waals surface area contributed by atoms with Crippen LogP contribution < -0.4 is 10.1 Å². The smallest absolute Gasteiger partial charge is 0.165 e. The molecule has 1 aromatic rings. The lowest BCUT2D eigenvalue weighted by Gasteiger charge is -2.16. The minimum absolute atomic E-state index is 0.0312. The van der Waals surface area contributed by atoms with E-state index in [0.29, 0.717) is 6.61 Å². The highest BCUT2D eigenvalue weighted by atomic mass is 19.1. The summed E-state index contributed by atoms with van der Waals surface area (Å²) in [5.74, 6) is -1.06. The van der Waals surface area contributed by atoms with E-state index in [-0.39, 0.29) is 11.8 Å². The van der Waals surface area contributed by atoms with E-state index in [1.807, 2.05) is 13.8 Å². The SMILES string of the molecule is CCNC(CC)COc1cc(F)ccc1F. The monoisotopic (exact) mass is 229 g/mol. The second-order valence-electron chi connectivity index (χ2n) is 3.55. The number of ether oxygens (including phenoxy) is 1. The molecule has 0 aliphatic carbocycles. The van der Waals surface area contributed by atoms with Crippen LogP contribution in [0.3, 0.4) is 0 Å². The molecule has 1 N–H and O–H groups in total. The Morgan fingerprint density at radius 1 is 1.31 bits per heavy atom. The molecule has 0 radical (unpaired) electrons. The van der Waals surface area contributed by atoms with Gasteiger partial charge in [0.2, 0.25) is 0 Å². The second-order valence-corrected chi connectivity index (χ2v) is 3.55. The fraction of sp³-hybridized carbons (Fsp3) is 0.500. The molecule has 0 saturated heterocycles. The van der Waals surface area contributed by atoms with Crippen molar-refractivity contribution in [2.45, 2.75) is 26.3 Å². The highest BCUT2D eigenvalue weighted by molar-refractivity contribution is 5.24. The number of halogens is 2. The van der Waals surface area contributed by atoms with Crippen LogP contribution >= 0.6 is 0 Å². The molecular weight excluding hydrogens is 212 g/mol. The Balaban J connectivity index is 2.55. The van der Waals surface area contributed by atoms with E-state index in [4.69, 9.17) is 4.74 Å². The van der Waals surface area contributed by atoms with Gasteiger partial charge in [-0.15, -0.1) is 0 Å². The highest BCUT2D eigenvalue weighted by Crippen LogP contribution is 2.18. The maximum Gasteiger partial charge on any atom is 0.165 e. The van der Waals surface area contributed by atoms with E-state index in [9.17, 15) is 8.78 Å². The molecule has 0 aliphatic rings. The third-order valence-electron chi connectivity index (χ3n) is 2.32. The summed E-state index contributed by atoms with van der Waals surface area (Å²) < 4.78 is 31.3. The van der Waals surface area contributed by atoms with E-state index in [1.54, 1.807) is 0 Å². The molecule has 0 spiro atoms. The van der Waals surface area contributed by atoms with Crippen molar-refractivity contribution < 1.29 is 13.5 Å². The van der Waals surface area contributed by atoms with Crippen LogP contribution in [0, 0.1) is 11.6 Å². The Hall–Kier alpha value is -1.16. The third kappa shape index (κ3) is 3.77. The topological polar surface area (TPSA) is 21.3 Å². The molecule has 0 amide bonds. The summed E-state index contributed by atoms with van der Waals surface area (Å²) in [6.07, 6.45) is 0.880. The number of nitrogens with one attached hydrogen (secondary N) is 1. The van der Waals surface area contributed by atoms with Crippen LogP contribution in [0.15, 0.2) is 18.2 Å². The highest BCUT2D eigenvalue weighted by Gasteiger charge is 2.09. The zero-order valence-corrected chi connectivity index (χ0v) is 9.59. The molecule has 2 nitrogen and oxygen atoms in total. The zero-order valence-electron chi connectivity index (χ0n) is 9.59. The molecule has 90 valence electrons. The second kappa shape index (κ2) is 6.43. The predicted octanol–water partition coefficient (Wildman–Crippen LogP) is 2.73. The lowest BCUT2D eigenvalue weighted by atomic mass is 10.2. The Labute approximate surface area is 94.6 Å². The lowest BCUT2D eigenvalue weighted by Crippen LogP contribution is -2.33. The van der Waals surface area contributed by atoms with Gasteiger partial charge in [-0.1, -0.05) is 13.8 Å². The predicted molar refractivity (Wildman–Crippen MR) is 59.6 cm³/mol. The molecule has 0 aromatic heterocycles. The van der Waals surface area contributed by atoms with Gasteiger partial charge < -0.3 is 10.1 Å². The van der Waals surface area contributed by atoms with E-state index < -0.39 is 11.6 Å². The van der Waals surface area contributed by atoms with Gasteiger partial charge in [-0.3, -0.25) is 0 Å². The minimum atomic E-state index is -0.534. The summed E-state index contributed by atoms with van der Waals surface area (Å²) >= 11 is 0. The lowest BCUT2D eigenvalue weighted by molar-refractivity contribution is 0.251. The van der Waals surface area contributed by atoms with Gasteiger partial charge in [0.15, 0.2) is 11.6 Å². The van der Waals surface area contributed by atoms with Crippen LogP contribution in [0.5, 0.6) is 5.75 Å². The molecule has 1 unspecified atom stereocenters. The standard InChI is InChI=1S/C12H17F2NO/c1-3-10(15-4-2)8-16-12-7-9(13)5-6-11(12)14/h5-7,10,15H,3-4,8H2,1-2H3. The van der Waals surface area contributed by atoms with Gasteiger partial charge in [-0.05, 0) is 25.1 Å². The van der Waals surface area contributed by atoms with Gasteiger partial charge in [0.05, 0.1) is 0 Å². The van der Waals surface area contributed by atoms with Gasteiger partial charge in [-0.25, -0.2) is 8.78 Å². The average Bonchev–Trinajstić information content (AvgIpc) is 2.28. The van der Waals surface area contributed by atoms with Crippen LogP contribution in [-0.2, 0) is 0 Å². The van der Waals surface area contributed by atoms with E-state index in [1.165, 1.54) is 0 Å². The number of benzene rings is 1. The van der Waals surface area contributed by atoms with E-state index >= 15 is 0 Å². The van der Waals surface area contributed by atoms with Crippen molar-refractivity contribution in [1.82, 2.24) is 5.32 Å². The molecule has 0 fully saturated rings. The average molecular weight is 229 g/mol. The molecule has 0 heterocycles. The summed E-state index contributed by atoms with van der Waals surface area (Å²) in [6, 6.07) is 3.36. The molecule has 1 rings (SSSR count). The van der Waals surface area contributed by atoms with Crippen molar-refractivity contribution in [3.63, 3.8) is 0 Å². The van der Waals surface area contributed by atoms with E-state index in [2.05, 4.69) is 5.32 Å². The fourth-order valence-electron chi connectivity index (χ4n) is 1.39. The molecule has 16 heavy (non-hydrogen) atoms. The Bertz CT molecular complexity index is 331. The van der Waals surface area contributed by atoms with Gasteiger partial charge in [0, 0.05) is 12.1 Å². The van der Waals surface area contributed by atoms with Crippen LogP contribution in [0.25, 0.3) is 0 Å². The van der Waals surface area contributed by atoms with Crippen LogP contribution in [0.1, 0.15) is 20.3 Å². The largest absolute Gasteiger partial charge is 0.489 e. The molecule has 0 bridgehead atoms. The first-order chi connectivity index (χ1) is 7.67. The summed E-state index contributed by atoms with van der Waals surface area (Å²) in [5.41, 5.74) is 0. The Kier molecular flexibility index (Phi) is 5.19. The van der Waals surface area contributed by atoms with Gasteiger partial charge in [0.1, 0.15) is 12.4 Å². The first-order valence-corrected chi connectivity index (χ1v) is 5.48. The normalized spacial score (nSPS) is 12.5. The van der Waals surface area contributed by atoms with Crippen molar-refractivity contribution in [2.75, 3.05) is 13.2 Å². The maximum atomic E-state index is 13.2. The minimum Gasteiger partial charge on any atom is -0.489 e. The van der Waals surface area contributed by atoms with Crippen molar-refractivity contribution in [3.8, 4) is 5.75 Å². The molecule has 1 atom stereocenters. The summed E-state index contributed by atoms with van der Waals surface area (Å²) in [7, 11) is 0. The molecule has 0 aliphatic heterocycles. The summed E-state index contributed by atoms with van der Waals surface area (Å²) in [4.78, 5) is 0.